The normalized spacial score (nSPS) is 15.7. The molecule has 31 heavy (non-hydrogen) atoms. The number of aromatic nitrogens is 4. The van der Waals surface area contributed by atoms with Crippen LogP contribution in [0.25, 0.3) is 10.2 Å². The molecule has 7 nitrogen and oxygen atoms in total. The number of aryl methyl sites for hydroxylation is 3. The van der Waals surface area contributed by atoms with E-state index in [1.54, 1.807) is 26.9 Å². The van der Waals surface area contributed by atoms with Crippen molar-refractivity contribution in [3.05, 3.63) is 44.6 Å². The van der Waals surface area contributed by atoms with Crippen molar-refractivity contribution in [2.24, 2.45) is 7.05 Å². The molecular weight excluding hydrogens is 410 g/mol. The first-order valence-electron chi connectivity index (χ1n) is 10.9. The summed E-state index contributed by atoms with van der Waals surface area (Å²) in [6.07, 6.45) is 4.01. The second-order valence-electron chi connectivity index (χ2n) is 9.44. The van der Waals surface area contributed by atoms with Crippen molar-refractivity contribution >= 4 is 27.5 Å². The van der Waals surface area contributed by atoms with Gasteiger partial charge in [-0.25, -0.2) is 4.98 Å². The van der Waals surface area contributed by atoms with Gasteiger partial charge in [-0.05, 0) is 37.8 Å². The predicted octanol–water partition coefficient (Wildman–Crippen LogP) is 3.84. The summed E-state index contributed by atoms with van der Waals surface area (Å²) in [5.41, 5.74) is 2.60. The van der Waals surface area contributed by atoms with E-state index in [9.17, 15) is 9.59 Å². The Morgan fingerprint density at radius 1 is 1.26 bits per heavy atom. The highest BCUT2D eigenvalue weighted by atomic mass is 32.1. The molecule has 4 heterocycles. The highest BCUT2D eigenvalue weighted by Gasteiger charge is 2.29. The Bertz CT molecular complexity index is 1190. The molecule has 3 aromatic rings. The van der Waals surface area contributed by atoms with E-state index < -0.39 is 0 Å². The molecule has 8 heteroatoms. The van der Waals surface area contributed by atoms with E-state index >= 15 is 0 Å². The molecule has 0 spiro atoms. The lowest BCUT2D eigenvalue weighted by atomic mass is 9.92. The van der Waals surface area contributed by atoms with E-state index in [2.05, 4.69) is 44.7 Å². The van der Waals surface area contributed by atoms with Gasteiger partial charge in [0.05, 0.1) is 17.4 Å². The van der Waals surface area contributed by atoms with Crippen molar-refractivity contribution in [1.82, 2.24) is 24.2 Å². The third-order valence-corrected chi connectivity index (χ3v) is 7.36. The summed E-state index contributed by atoms with van der Waals surface area (Å²) < 4.78 is 3.47. The van der Waals surface area contributed by atoms with Crippen LogP contribution in [-0.4, -0.2) is 43.2 Å². The molecule has 0 aliphatic carbocycles. The van der Waals surface area contributed by atoms with Gasteiger partial charge in [0.2, 0.25) is 0 Å². The van der Waals surface area contributed by atoms with Crippen LogP contribution in [0.15, 0.2) is 17.2 Å². The van der Waals surface area contributed by atoms with Gasteiger partial charge in [-0.2, -0.15) is 5.10 Å². The van der Waals surface area contributed by atoms with Crippen LogP contribution in [0.3, 0.4) is 0 Å². The van der Waals surface area contributed by atoms with E-state index in [1.165, 1.54) is 4.88 Å². The summed E-state index contributed by atoms with van der Waals surface area (Å²) in [6, 6.07) is 1.97. The molecule has 4 rings (SSSR count). The summed E-state index contributed by atoms with van der Waals surface area (Å²) in [5.74, 6) is 0.00611. The van der Waals surface area contributed by atoms with E-state index in [-0.39, 0.29) is 22.9 Å². The minimum atomic E-state index is -0.104. The van der Waals surface area contributed by atoms with Crippen LogP contribution in [0.5, 0.6) is 0 Å². The Labute approximate surface area is 186 Å². The SMILES string of the molecule is CCc1c(C)sc2ncn(C3CCN(C(=O)c4cc(C(C)(C)C)nn4C)CC3)c(=O)c12. The van der Waals surface area contributed by atoms with Gasteiger partial charge in [-0.1, -0.05) is 27.7 Å². The van der Waals surface area contributed by atoms with Crippen molar-refractivity contribution in [1.29, 1.82) is 0 Å². The number of carbonyl (C=O) groups excluding carboxylic acids is 1. The number of nitrogens with zero attached hydrogens (tertiary/aromatic N) is 5. The van der Waals surface area contributed by atoms with E-state index in [0.29, 0.717) is 18.8 Å². The molecule has 0 bridgehead atoms. The molecule has 166 valence electrons. The maximum atomic E-state index is 13.2. The number of fused-ring (bicyclic) bond motifs is 1. The molecule has 0 aromatic carbocycles. The molecule has 1 fully saturated rings. The Hall–Kier alpha value is -2.48. The highest BCUT2D eigenvalue weighted by molar-refractivity contribution is 7.18. The van der Waals surface area contributed by atoms with Gasteiger partial charge in [0, 0.05) is 36.5 Å². The molecule has 0 atom stereocenters. The number of hydrogen-bond acceptors (Lipinski definition) is 5. The van der Waals surface area contributed by atoms with Crippen LogP contribution in [0.1, 0.15) is 73.2 Å². The number of likely N-dealkylation sites (tertiary alicyclic amines) is 1. The summed E-state index contributed by atoms with van der Waals surface area (Å²) in [5, 5.41) is 5.31. The van der Waals surface area contributed by atoms with Crippen LogP contribution < -0.4 is 5.56 Å². The molecule has 0 radical (unpaired) electrons. The minimum absolute atomic E-state index is 0.00611. The molecule has 1 saturated heterocycles. The van der Waals surface area contributed by atoms with E-state index in [4.69, 9.17) is 0 Å². The average molecular weight is 442 g/mol. The zero-order valence-corrected chi connectivity index (χ0v) is 20.0. The molecule has 1 aliphatic heterocycles. The second-order valence-corrected chi connectivity index (χ2v) is 10.6. The third-order valence-electron chi connectivity index (χ3n) is 6.30. The molecular formula is C23H31N5O2S. The summed E-state index contributed by atoms with van der Waals surface area (Å²) in [7, 11) is 1.82. The predicted molar refractivity (Wildman–Crippen MR) is 124 cm³/mol. The fourth-order valence-corrected chi connectivity index (χ4v) is 5.47. The topological polar surface area (TPSA) is 73.0 Å². The van der Waals surface area contributed by atoms with Gasteiger partial charge in [0.25, 0.3) is 11.5 Å². The fraction of sp³-hybridized carbons (Fsp3) is 0.565. The number of rotatable bonds is 3. The smallest absolute Gasteiger partial charge is 0.272 e. The molecule has 1 aliphatic rings. The monoisotopic (exact) mass is 441 g/mol. The molecule has 0 N–H and O–H groups in total. The van der Waals surface area contributed by atoms with Crippen molar-refractivity contribution in [2.45, 2.75) is 65.3 Å². The van der Waals surface area contributed by atoms with Crippen molar-refractivity contribution in [3.8, 4) is 0 Å². The Morgan fingerprint density at radius 3 is 2.52 bits per heavy atom. The second kappa shape index (κ2) is 7.89. The lowest BCUT2D eigenvalue weighted by molar-refractivity contribution is 0.0682. The van der Waals surface area contributed by atoms with Crippen molar-refractivity contribution in [2.75, 3.05) is 13.1 Å². The zero-order chi connectivity index (χ0) is 22.5. The third kappa shape index (κ3) is 3.82. The Kier molecular flexibility index (Phi) is 5.54. The highest BCUT2D eigenvalue weighted by Crippen LogP contribution is 2.29. The summed E-state index contributed by atoms with van der Waals surface area (Å²) in [4.78, 5) is 34.8. The first kappa shape index (κ1) is 21.7. The van der Waals surface area contributed by atoms with Crippen molar-refractivity contribution in [3.63, 3.8) is 0 Å². The van der Waals surface area contributed by atoms with Gasteiger partial charge in [-0.15, -0.1) is 11.3 Å². The first-order valence-corrected chi connectivity index (χ1v) is 11.8. The van der Waals surface area contributed by atoms with Crippen LogP contribution in [-0.2, 0) is 18.9 Å². The number of carbonyl (C=O) groups is 1. The number of amides is 1. The molecule has 1 amide bonds. The van der Waals surface area contributed by atoms with E-state index in [1.807, 2.05) is 18.0 Å². The number of piperidine rings is 1. The summed E-state index contributed by atoms with van der Waals surface area (Å²) >= 11 is 1.59. The van der Waals surface area contributed by atoms with Crippen LogP contribution in [0, 0.1) is 6.92 Å². The lowest BCUT2D eigenvalue weighted by Crippen LogP contribution is -2.41. The molecule has 0 saturated carbocycles. The molecule has 3 aromatic heterocycles. The average Bonchev–Trinajstić information content (AvgIpc) is 3.27. The lowest BCUT2D eigenvalue weighted by Gasteiger charge is -2.32. The summed E-state index contributed by atoms with van der Waals surface area (Å²) in [6.45, 7) is 11.7. The van der Waals surface area contributed by atoms with Crippen LogP contribution in [0.4, 0.5) is 0 Å². The van der Waals surface area contributed by atoms with Crippen molar-refractivity contribution < 1.29 is 4.79 Å². The first-order chi connectivity index (χ1) is 14.6. The minimum Gasteiger partial charge on any atom is -0.337 e. The van der Waals surface area contributed by atoms with Gasteiger partial charge < -0.3 is 4.90 Å². The van der Waals surface area contributed by atoms with Gasteiger partial charge in [0.15, 0.2) is 0 Å². The van der Waals surface area contributed by atoms with Crippen LogP contribution in [0.2, 0.25) is 0 Å². The Morgan fingerprint density at radius 2 is 1.94 bits per heavy atom. The maximum Gasteiger partial charge on any atom is 0.272 e. The fourth-order valence-electron chi connectivity index (χ4n) is 4.40. The number of hydrogen-bond donors (Lipinski definition) is 0. The standard InChI is InChI=1S/C23H31N5O2S/c1-7-16-14(2)31-20-19(16)22(30)28(13-24-20)15-8-10-27(11-9-15)21(29)17-12-18(23(3,4)5)25-26(17)6/h12-13,15H,7-11H2,1-6H3. The largest absolute Gasteiger partial charge is 0.337 e. The molecule has 0 unspecified atom stereocenters. The quantitative estimate of drug-likeness (QED) is 0.619. The van der Waals surface area contributed by atoms with E-state index in [0.717, 1.165) is 40.7 Å². The zero-order valence-electron chi connectivity index (χ0n) is 19.2. The van der Waals surface area contributed by atoms with Gasteiger partial charge in [-0.3, -0.25) is 18.8 Å². The maximum absolute atomic E-state index is 13.2. The number of thiophene rings is 1. The van der Waals surface area contributed by atoms with Gasteiger partial charge >= 0.3 is 0 Å². The Balaban J connectivity index is 1.53. The van der Waals surface area contributed by atoms with Crippen LogP contribution >= 0.6 is 11.3 Å². The van der Waals surface area contributed by atoms with Gasteiger partial charge in [0.1, 0.15) is 10.5 Å².